The minimum atomic E-state index is -0.159. The van der Waals surface area contributed by atoms with Crippen LogP contribution in [0.15, 0.2) is 30.9 Å². The number of hydrogen-bond donors (Lipinski definition) is 1. The molecular weight excluding hydrogens is 254 g/mol. The Bertz CT molecular complexity index is 520. The topological polar surface area (TPSA) is 65.4 Å². The fraction of sp³-hybridized carbons (Fsp3) is 0.333. The van der Waals surface area contributed by atoms with Gasteiger partial charge >= 0.3 is 0 Å². The van der Waals surface area contributed by atoms with Crippen LogP contribution in [-0.4, -0.2) is 26.1 Å². The second-order valence-electron chi connectivity index (χ2n) is 4.18. The predicted molar refractivity (Wildman–Crippen MR) is 79.9 cm³/mol. The number of hydrogen-bond acceptors (Lipinski definition) is 4. The zero-order valence-electron chi connectivity index (χ0n) is 11.8. The van der Waals surface area contributed by atoms with E-state index in [0.29, 0.717) is 30.9 Å². The number of nitriles is 1. The Balaban J connectivity index is 3.16. The smallest absolute Gasteiger partial charge is 0.221 e. The molecule has 1 N–H and O–H groups in total. The highest BCUT2D eigenvalue weighted by molar-refractivity contribution is 5.92. The summed E-state index contributed by atoms with van der Waals surface area (Å²) in [6.45, 7) is 6.34. The van der Waals surface area contributed by atoms with Crippen molar-refractivity contribution in [1.82, 2.24) is 0 Å². The molecular formula is C15H19N3O2. The van der Waals surface area contributed by atoms with Gasteiger partial charge in [0.2, 0.25) is 5.91 Å². The molecule has 1 rings (SSSR count). The maximum atomic E-state index is 11.2. The van der Waals surface area contributed by atoms with Gasteiger partial charge < -0.3 is 15.0 Å². The largest absolute Gasteiger partial charge is 0.492 e. The minimum Gasteiger partial charge on any atom is -0.492 e. The Morgan fingerprint density at radius 2 is 2.35 bits per heavy atom. The lowest BCUT2D eigenvalue weighted by Crippen LogP contribution is -2.25. The van der Waals surface area contributed by atoms with Crippen LogP contribution in [0.1, 0.15) is 13.3 Å². The average molecular weight is 273 g/mol. The van der Waals surface area contributed by atoms with Crippen LogP contribution in [0.3, 0.4) is 0 Å². The number of nitrogens with one attached hydrogen (secondary N) is 1. The van der Waals surface area contributed by atoms with Gasteiger partial charge in [0, 0.05) is 20.0 Å². The minimum absolute atomic E-state index is 0.159. The zero-order chi connectivity index (χ0) is 15.0. The van der Waals surface area contributed by atoms with Crippen LogP contribution in [0.4, 0.5) is 11.4 Å². The SMILES string of the molecule is C=CCN(CCC#N)c1cccc(NC(C)=O)c1OC. The number of methoxy groups -OCH3 is 1. The first kappa shape index (κ1) is 15.6. The molecule has 1 aromatic rings. The summed E-state index contributed by atoms with van der Waals surface area (Å²) in [6.07, 6.45) is 2.17. The molecule has 20 heavy (non-hydrogen) atoms. The standard InChI is InChI=1S/C15H19N3O2/c1-4-10-18(11-6-9-16)14-8-5-7-13(15(14)20-3)17-12(2)19/h4-5,7-8H,1,6,10-11H2,2-3H3,(H,17,19). The van der Waals surface area contributed by atoms with E-state index in [4.69, 9.17) is 10.00 Å². The maximum Gasteiger partial charge on any atom is 0.221 e. The molecule has 0 atom stereocenters. The van der Waals surface area contributed by atoms with E-state index in [0.717, 1.165) is 5.69 Å². The van der Waals surface area contributed by atoms with Crippen LogP contribution in [-0.2, 0) is 4.79 Å². The molecule has 0 spiro atoms. The normalized spacial score (nSPS) is 9.45. The van der Waals surface area contributed by atoms with Crippen molar-refractivity contribution in [2.24, 2.45) is 0 Å². The molecule has 0 radical (unpaired) electrons. The summed E-state index contributed by atoms with van der Waals surface area (Å²) in [6, 6.07) is 7.63. The lowest BCUT2D eigenvalue weighted by Gasteiger charge is -2.25. The van der Waals surface area contributed by atoms with Gasteiger partial charge in [-0.3, -0.25) is 4.79 Å². The molecule has 0 saturated heterocycles. The fourth-order valence-electron chi connectivity index (χ4n) is 1.93. The van der Waals surface area contributed by atoms with Crippen molar-refractivity contribution in [3.8, 4) is 11.8 Å². The molecule has 0 aliphatic rings. The number of carbonyl (C=O) groups excluding carboxylic acids is 1. The molecule has 5 heteroatoms. The van der Waals surface area contributed by atoms with Crippen molar-refractivity contribution in [2.75, 3.05) is 30.4 Å². The molecule has 0 aromatic heterocycles. The number of benzene rings is 1. The number of anilines is 2. The fourth-order valence-corrected chi connectivity index (χ4v) is 1.93. The Morgan fingerprint density at radius 1 is 1.60 bits per heavy atom. The van der Waals surface area contributed by atoms with Gasteiger partial charge in [-0.1, -0.05) is 12.1 Å². The number of rotatable bonds is 7. The van der Waals surface area contributed by atoms with Gasteiger partial charge in [0.25, 0.3) is 0 Å². The van der Waals surface area contributed by atoms with Gasteiger partial charge in [-0.05, 0) is 12.1 Å². The lowest BCUT2D eigenvalue weighted by atomic mass is 10.2. The van der Waals surface area contributed by atoms with Gasteiger partial charge in [-0.2, -0.15) is 5.26 Å². The first-order valence-electron chi connectivity index (χ1n) is 6.31. The van der Waals surface area contributed by atoms with Crippen molar-refractivity contribution in [2.45, 2.75) is 13.3 Å². The molecule has 5 nitrogen and oxygen atoms in total. The first-order chi connectivity index (χ1) is 9.63. The number of amides is 1. The molecule has 0 heterocycles. The summed E-state index contributed by atoms with van der Waals surface area (Å²) in [4.78, 5) is 13.2. The summed E-state index contributed by atoms with van der Waals surface area (Å²) in [5, 5.41) is 11.5. The van der Waals surface area contributed by atoms with Crippen molar-refractivity contribution in [3.05, 3.63) is 30.9 Å². The number of para-hydroxylation sites is 1. The molecule has 0 unspecified atom stereocenters. The summed E-state index contributed by atoms with van der Waals surface area (Å²) >= 11 is 0. The Morgan fingerprint density at radius 3 is 2.90 bits per heavy atom. The second-order valence-corrected chi connectivity index (χ2v) is 4.18. The molecule has 1 amide bonds. The summed E-state index contributed by atoms with van der Waals surface area (Å²) < 4.78 is 5.41. The number of ether oxygens (including phenoxy) is 1. The quantitative estimate of drug-likeness (QED) is 0.775. The molecule has 0 aliphatic carbocycles. The van der Waals surface area contributed by atoms with Crippen LogP contribution in [0.25, 0.3) is 0 Å². The van der Waals surface area contributed by atoms with E-state index in [9.17, 15) is 4.79 Å². The third-order valence-electron chi connectivity index (χ3n) is 2.69. The van der Waals surface area contributed by atoms with E-state index in [1.165, 1.54) is 6.92 Å². The molecule has 0 saturated carbocycles. The Kier molecular flexibility index (Phi) is 6.11. The first-order valence-corrected chi connectivity index (χ1v) is 6.31. The second kappa shape index (κ2) is 7.85. The van der Waals surface area contributed by atoms with E-state index in [1.54, 1.807) is 19.3 Å². The third-order valence-corrected chi connectivity index (χ3v) is 2.69. The van der Waals surface area contributed by atoms with Crippen LogP contribution < -0.4 is 15.0 Å². The summed E-state index contributed by atoms with van der Waals surface area (Å²) in [5.74, 6) is 0.426. The van der Waals surface area contributed by atoms with Crippen molar-refractivity contribution < 1.29 is 9.53 Å². The predicted octanol–water partition coefficient (Wildman–Crippen LogP) is 2.56. The van der Waals surface area contributed by atoms with E-state index in [-0.39, 0.29) is 5.91 Å². The third kappa shape index (κ3) is 4.02. The van der Waals surface area contributed by atoms with Gasteiger partial charge in [-0.25, -0.2) is 0 Å². The Hall–Kier alpha value is -2.48. The maximum absolute atomic E-state index is 11.2. The number of carbonyl (C=O) groups is 1. The molecule has 106 valence electrons. The van der Waals surface area contributed by atoms with Gasteiger partial charge in [0.1, 0.15) is 0 Å². The van der Waals surface area contributed by atoms with Crippen LogP contribution in [0.2, 0.25) is 0 Å². The molecule has 0 aliphatic heterocycles. The van der Waals surface area contributed by atoms with E-state index in [1.807, 2.05) is 17.0 Å². The van der Waals surface area contributed by atoms with Crippen LogP contribution >= 0.6 is 0 Å². The van der Waals surface area contributed by atoms with E-state index >= 15 is 0 Å². The van der Waals surface area contributed by atoms with Crippen molar-refractivity contribution >= 4 is 17.3 Å². The van der Waals surface area contributed by atoms with E-state index < -0.39 is 0 Å². The number of nitrogens with zero attached hydrogens (tertiary/aromatic N) is 2. The van der Waals surface area contributed by atoms with Crippen LogP contribution in [0, 0.1) is 11.3 Å². The van der Waals surface area contributed by atoms with Crippen molar-refractivity contribution in [3.63, 3.8) is 0 Å². The highest BCUT2D eigenvalue weighted by atomic mass is 16.5. The molecule has 0 fully saturated rings. The summed E-state index contributed by atoms with van der Waals surface area (Å²) in [5.41, 5.74) is 1.44. The highest BCUT2D eigenvalue weighted by Crippen LogP contribution is 2.35. The van der Waals surface area contributed by atoms with Gasteiger partial charge in [0.05, 0.1) is 31.0 Å². The van der Waals surface area contributed by atoms with Gasteiger partial charge in [-0.15, -0.1) is 6.58 Å². The monoisotopic (exact) mass is 273 g/mol. The summed E-state index contributed by atoms with van der Waals surface area (Å²) in [7, 11) is 1.56. The highest BCUT2D eigenvalue weighted by Gasteiger charge is 2.15. The lowest BCUT2D eigenvalue weighted by molar-refractivity contribution is -0.114. The molecule has 1 aromatic carbocycles. The van der Waals surface area contributed by atoms with E-state index in [2.05, 4.69) is 18.0 Å². The zero-order valence-corrected chi connectivity index (χ0v) is 11.8. The molecule has 0 bridgehead atoms. The Labute approximate surface area is 119 Å². The van der Waals surface area contributed by atoms with Gasteiger partial charge in [0.15, 0.2) is 5.75 Å². The van der Waals surface area contributed by atoms with Crippen molar-refractivity contribution in [1.29, 1.82) is 5.26 Å². The van der Waals surface area contributed by atoms with Crippen LogP contribution in [0.5, 0.6) is 5.75 Å². The average Bonchev–Trinajstić information content (AvgIpc) is 2.42.